The molecule has 0 amide bonds. The number of carbonyl (C=O) groups excluding carboxylic acids is 1. The maximum Gasteiger partial charge on any atom is 0.344 e. The Hall–Kier alpha value is -3.48. The van der Waals surface area contributed by atoms with Crippen LogP contribution in [-0.4, -0.2) is 12.1 Å². The molecule has 7 heteroatoms. The topological polar surface area (TPSA) is 26.3 Å². The van der Waals surface area contributed by atoms with Gasteiger partial charge in [-0.25, -0.2) is 26.7 Å². The molecule has 0 heterocycles. The van der Waals surface area contributed by atoms with Crippen LogP contribution in [0.4, 0.5) is 22.0 Å². The van der Waals surface area contributed by atoms with Gasteiger partial charge in [0.25, 0.3) is 0 Å². The molecule has 31 heavy (non-hydrogen) atoms. The standard InChI is InChI=1S/C24H17F5O2/c25-19-18(20(26)22(28)23(29)21(19)27)24(30)31-17(13-11-15-7-3-1-4-8-15)14-12-16-9-5-2-6-10-16/h1-11,13,17H,12,14H2/b13-11+. The number of hydrogen-bond acceptors (Lipinski definition) is 2. The summed E-state index contributed by atoms with van der Waals surface area (Å²) in [6.07, 6.45) is 2.86. The molecule has 3 aromatic rings. The molecule has 1 atom stereocenters. The zero-order valence-corrected chi connectivity index (χ0v) is 16.1. The lowest BCUT2D eigenvalue weighted by Gasteiger charge is -2.16. The number of halogens is 5. The Bertz CT molecular complexity index is 1050. The highest BCUT2D eigenvalue weighted by molar-refractivity contribution is 5.90. The summed E-state index contributed by atoms with van der Waals surface area (Å²) in [6, 6.07) is 18.2. The van der Waals surface area contributed by atoms with Gasteiger partial charge in [0.1, 0.15) is 11.7 Å². The molecular formula is C24H17F5O2. The van der Waals surface area contributed by atoms with Crippen LogP contribution in [0.5, 0.6) is 0 Å². The van der Waals surface area contributed by atoms with Crippen molar-refractivity contribution >= 4 is 12.0 Å². The molecule has 160 valence electrons. The Balaban J connectivity index is 1.85. The molecule has 0 spiro atoms. The predicted octanol–water partition coefficient (Wildman–Crippen LogP) is 6.25. The molecule has 0 aliphatic carbocycles. The minimum Gasteiger partial charge on any atom is -0.454 e. The van der Waals surface area contributed by atoms with Gasteiger partial charge >= 0.3 is 5.97 Å². The summed E-state index contributed by atoms with van der Waals surface area (Å²) in [7, 11) is 0. The van der Waals surface area contributed by atoms with Gasteiger partial charge in [-0.1, -0.05) is 66.7 Å². The average molecular weight is 432 g/mol. The van der Waals surface area contributed by atoms with Crippen LogP contribution >= 0.6 is 0 Å². The van der Waals surface area contributed by atoms with Gasteiger partial charge in [-0.3, -0.25) is 0 Å². The molecule has 0 radical (unpaired) electrons. The summed E-state index contributed by atoms with van der Waals surface area (Å²) < 4.78 is 73.2. The van der Waals surface area contributed by atoms with E-state index in [9.17, 15) is 26.7 Å². The van der Waals surface area contributed by atoms with Crippen molar-refractivity contribution in [3.63, 3.8) is 0 Å². The summed E-state index contributed by atoms with van der Waals surface area (Å²) in [5, 5.41) is 0. The van der Waals surface area contributed by atoms with Crippen LogP contribution in [0.25, 0.3) is 6.08 Å². The fourth-order valence-electron chi connectivity index (χ4n) is 2.91. The number of ether oxygens (including phenoxy) is 1. The zero-order chi connectivity index (χ0) is 22.4. The Kier molecular flexibility index (Phi) is 7.18. The van der Waals surface area contributed by atoms with Crippen molar-refractivity contribution in [3.05, 3.63) is 113 Å². The van der Waals surface area contributed by atoms with Gasteiger partial charge in [0.05, 0.1) is 0 Å². The van der Waals surface area contributed by atoms with Crippen LogP contribution in [0.2, 0.25) is 0 Å². The van der Waals surface area contributed by atoms with E-state index in [0.717, 1.165) is 11.1 Å². The van der Waals surface area contributed by atoms with E-state index in [1.165, 1.54) is 6.08 Å². The van der Waals surface area contributed by atoms with E-state index in [2.05, 4.69) is 0 Å². The highest BCUT2D eigenvalue weighted by atomic mass is 19.2. The van der Waals surface area contributed by atoms with Crippen molar-refractivity contribution < 1.29 is 31.5 Å². The van der Waals surface area contributed by atoms with Crippen molar-refractivity contribution in [2.45, 2.75) is 18.9 Å². The van der Waals surface area contributed by atoms with Crippen molar-refractivity contribution in [1.29, 1.82) is 0 Å². The maximum absolute atomic E-state index is 14.0. The maximum atomic E-state index is 14.0. The number of carbonyl (C=O) groups is 1. The third-order valence-electron chi connectivity index (χ3n) is 4.54. The molecule has 2 nitrogen and oxygen atoms in total. The highest BCUT2D eigenvalue weighted by Gasteiger charge is 2.31. The minimum atomic E-state index is -2.34. The second-order valence-electron chi connectivity index (χ2n) is 6.68. The molecule has 0 N–H and O–H groups in total. The highest BCUT2D eigenvalue weighted by Crippen LogP contribution is 2.24. The molecular weight excluding hydrogens is 415 g/mol. The lowest BCUT2D eigenvalue weighted by molar-refractivity contribution is 0.0367. The van der Waals surface area contributed by atoms with E-state index in [1.807, 2.05) is 36.4 Å². The lowest BCUT2D eigenvalue weighted by atomic mass is 10.1. The molecule has 0 saturated heterocycles. The number of rotatable bonds is 7. The number of aryl methyl sites for hydroxylation is 1. The van der Waals surface area contributed by atoms with Crippen molar-refractivity contribution in [1.82, 2.24) is 0 Å². The second kappa shape index (κ2) is 10.0. The van der Waals surface area contributed by atoms with Crippen LogP contribution in [0, 0.1) is 29.1 Å². The quantitative estimate of drug-likeness (QED) is 0.191. The van der Waals surface area contributed by atoms with E-state index in [-0.39, 0.29) is 6.42 Å². The summed E-state index contributed by atoms with van der Waals surface area (Å²) in [4.78, 5) is 12.3. The van der Waals surface area contributed by atoms with Crippen molar-refractivity contribution in [3.8, 4) is 0 Å². The fraction of sp³-hybridized carbons (Fsp3) is 0.125. The Labute approximate surface area is 175 Å². The van der Waals surface area contributed by atoms with Crippen molar-refractivity contribution in [2.24, 2.45) is 0 Å². The van der Waals surface area contributed by atoms with E-state index in [0.29, 0.717) is 6.42 Å². The Morgan fingerprint density at radius 1 is 0.774 bits per heavy atom. The van der Waals surface area contributed by atoms with E-state index in [4.69, 9.17) is 4.74 Å². The average Bonchev–Trinajstić information content (AvgIpc) is 2.79. The van der Waals surface area contributed by atoms with Crippen molar-refractivity contribution in [2.75, 3.05) is 0 Å². The smallest absolute Gasteiger partial charge is 0.344 e. The summed E-state index contributed by atoms with van der Waals surface area (Å²) in [5.41, 5.74) is 0.0848. The third kappa shape index (κ3) is 5.36. The SMILES string of the molecule is O=C(OC(/C=C/c1ccccc1)CCc1ccccc1)c1c(F)c(F)c(F)c(F)c1F. The molecule has 0 aliphatic rings. The van der Waals surface area contributed by atoms with Crippen LogP contribution in [0.3, 0.4) is 0 Å². The first-order valence-corrected chi connectivity index (χ1v) is 9.38. The first-order chi connectivity index (χ1) is 14.9. The molecule has 0 aromatic heterocycles. The van der Waals surface area contributed by atoms with E-state index < -0.39 is 46.7 Å². The third-order valence-corrected chi connectivity index (χ3v) is 4.54. The van der Waals surface area contributed by atoms with Gasteiger partial charge in [-0.15, -0.1) is 0 Å². The van der Waals surface area contributed by atoms with Gasteiger partial charge < -0.3 is 4.74 Å². The van der Waals surface area contributed by atoms with Crippen LogP contribution in [-0.2, 0) is 11.2 Å². The minimum absolute atomic E-state index is 0.231. The number of esters is 1. The van der Waals surface area contributed by atoms with Gasteiger partial charge in [0, 0.05) is 0 Å². The van der Waals surface area contributed by atoms with E-state index in [1.54, 1.807) is 30.3 Å². The van der Waals surface area contributed by atoms with Gasteiger partial charge in [0.2, 0.25) is 5.82 Å². The number of benzene rings is 3. The van der Waals surface area contributed by atoms with Crippen LogP contribution in [0.1, 0.15) is 27.9 Å². The molecule has 1 unspecified atom stereocenters. The molecule has 0 aliphatic heterocycles. The zero-order valence-electron chi connectivity index (χ0n) is 16.1. The summed E-state index contributed by atoms with van der Waals surface area (Å²) in [6.45, 7) is 0. The van der Waals surface area contributed by atoms with E-state index >= 15 is 0 Å². The molecule has 0 fully saturated rings. The molecule has 3 rings (SSSR count). The fourth-order valence-corrected chi connectivity index (χ4v) is 2.91. The van der Waals surface area contributed by atoms with Gasteiger partial charge in [0.15, 0.2) is 23.3 Å². The Morgan fingerprint density at radius 2 is 1.29 bits per heavy atom. The molecule has 3 aromatic carbocycles. The Morgan fingerprint density at radius 3 is 1.87 bits per heavy atom. The summed E-state index contributed by atoms with van der Waals surface area (Å²) in [5.74, 6) is -12.8. The number of hydrogen-bond donors (Lipinski definition) is 0. The largest absolute Gasteiger partial charge is 0.454 e. The molecule has 0 bridgehead atoms. The lowest BCUT2D eigenvalue weighted by Crippen LogP contribution is -2.21. The predicted molar refractivity (Wildman–Crippen MR) is 106 cm³/mol. The normalized spacial score (nSPS) is 12.2. The van der Waals surface area contributed by atoms with Crippen LogP contribution < -0.4 is 0 Å². The first-order valence-electron chi connectivity index (χ1n) is 9.38. The van der Waals surface area contributed by atoms with Gasteiger partial charge in [-0.2, -0.15) is 0 Å². The van der Waals surface area contributed by atoms with Crippen LogP contribution in [0.15, 0.2) is 66.7 Å². The first kappa shape index (κ1) is 22.2. The van der Waals surface area contributed by atoms with Gasteiger partial charge in [-0.05, 0) is 30.0 Å². The monoisotopic (exact) mass is 432 g/mol. The summed E-state index contributed by atoms with van der Waals surface area (Å²) >= 11 is 0. The molecule has 0 saturated carbocycles. The second-order valence-corrected chi connectivity index (χ2v) is 6.68.